The second-order valence-electron chi connectivity index (χ2n) is 8.91. The van der Waals surface area contributed by atoms with Crippen LogP contribution in [0.5, 0.6) is 0 Å². The maximum Gasteiger partial charge on any atom is 0.275 e. The Kier molecular flexibility index (Phi) is 8.72. The molecular formula is C25H25ClF3N9O. The van der Waals surface area contributed by atoms with E-state index in [-0.39, 0.29) is 16.4 Å². The maximum atomic E-state index is 14.6. The standard InChI is InChI=1S/C25H25ClF3N9O/c1-36(2)6-7-37(3)25-31-8-15(9-32-25)13-38-14-16(10-33-38)34-24(39)20-12-30-11-19(35-20)21-17(23(28)29)4-5-18(26)22(21)27/h4-5,8-12,14,23H,6-7,13H2,1-3H3,(H,34,39). The van der Waals surface area contributed by atoms with Crippen molar-refractivity contribution in [2.24, 2.45) is 0 Å². The van der Waals surface area contributed by atoms with Crippen molar-refractivity contribution in [1.82, 2.24) is 34.6 Å². The van der Waals surface area contributed by atoms with Gasteiger partial charge in [0.05, 0.1) is 41.5 Å². The van der Waals surface area contributed by atoms with Gasteiger partial charge < -0.3 is 15.1 Å². The highest BCUT2D eigenvalue weighted by molar-refractivity contribution is 6.31. The summed E-state index contributed by atoms with van der Waals surface area (Å²) < 4.78 is 43.2. The van der Waals surface area contributed by atoms with Crippen LogP contribution in [0.2, 0.25) is 5.02 Å². The first-order chi connectivity index (χ1) is 18.6. The molecule has 3 aromatic heterocycles. The fourth-order valence-electron chi connectivity index (χ4n) is 3.58. The van der Waals surface area contributed by atoms with E-state index in [9.17, 15) is 18.0 Å². The number of nitrogens with one attached hydrogen (secondary N) is 1. The Labute approximate surface area is 227 Å². The summed E-state index contributed by atoms with van der Waals surface area (Å²) >= 11 is 5.79. The van der Waals surface area contributed by atoms with Gasteiger partial charge in [-0.05, 0) is 20.2 Å². The largest absolute Gasteiger partial charge is 0.343 e. The molecule has 1 aromatic carbocycles. The number of carbonyl (C=O) groups excluding carboxylic acids is 1. The smallest absolute Gasteiger partial charge is 0.275 e. The van der Waals surface area contributed by atoms with Crippen LogP contribution in [0.1, 0.15) is 28.0 Å². The van der Waals surface area contributed by atoms with Crippen LogP contribution in [0.25, 0.3) is 11.3 Å². The molecular weight excluding hydrogens is 535 g/mol. The van der Waals surface area contributed by atoms with Gasteiger partial charge in [-0.2, -0.15) is 5.10 Å². The molecule has 0 bridgehead atoms. The third-order valence-electron chi connectivity index (χ3n) is 5.64. The number of alkyl halides is 2. The first-order valence-electron chi connectivity index (χ1n) is 11.7. The molecule has 0 saturated carbocycles. The van der Waals surface area contributed by atoms with E-state index in [4.69, 9.17) is 11.6 Å². The van der Waals surface area contributed by atoms with Gasteiger partial charge in [0.25, 0.3) is 12.3 Å². The van der Waals surface area contributed by atoms with Gasteiger partial charge >= 0.3 is 0 Å². The van der Waals surface area contributed by atoms with E-state index in [1.807, 2.05) is 26.0 Å². The second-order valence-corrected chi connectivity index (χ2v) is 9.32. The van der Waals surface area contributed by atoms with Crippen molar-refractivity contribution < 1.29 is 18.0 Å². The van der Waals surface area contributed by atoms with Gasteiger partial charge in [-0.3, -0.25) is 14.5 Å². The number of nitrogens with zero attached hydrogens (tertiary/aromatic N) is 8. The lowest BCUT2D eigenvalue weighted by Gasteiger charge is -2.19. The van der Waals surface area contributed by atoms with E-state index in [1.54, 1.807) is 23.3 Å². The van der Waals surface area contributed by atoms with Crippen molar-refractivity contribution in [1.29, 1.82) is 0 Å². The number of hydrogen-bond acceptors (Lipinski definition) is 8. The molecule has 39 heavy (non-hydrogen) atoms. The Hall–Kier alpha value is -4.10. The molecule has 10 nitrogen and oxygen atoms in total. The fraction of sp³-hybridized carbons (Fsp3) is 0.280. The first kappa shape index (κ1) is 27.9. The predicted octanol–water partition coefficient (Wildman–Crippen LogP) is 4.16. The van der Waals surface area contributed by atoms with Gasteiger partial charge in [-0.25, -0.2) is 28.1 Å². The van der Waals surface area contributed by atoms with Gasteiger partial charge in [0.1, 0.15) is 5.69 Å². The molecule has 1 amide bonds. The Morgan fingerprint density at radius 1 is 1.08 bits per heavy atom. The Bertz CT molecular complexity index is 1450. The molecule has 204 valence electrons. The van der Waals surface area contributed by atoms with Crippen molar-refractivity contribution in [2.75, 3.05) is 44.4 Å². The zero-order valence-electron chi connectivity index (χ0n) is 21.3. The number of anilines is 2. The lowest BCUT2D eigenvalue weighted by molar-refractivity contribution is 0.102. The SMILES string of the molecule is CN(C)CCN(C)c1ncc(Cn2cc(NC(=O)c3cncc(-c4c(C(F)F)ccc(Cl)c4F)n3)cn2)cn1. The minimum Gasteiger partial charge on any atom is -0.343 e. The predicted molar refractivity (Wildman–Crippen MR) is 141 cm³/mol. The van der Waals surface area contributed by atoms with Crippen LogP contribution in [0.4, 0.5) is 24.8 Å². The van der Waals surface area contributed by atoms with Crippen molar-refractivity contribution in [3.63, 3.8) is 0 Å². The monoisotopic (exact) mass is 559 g/mol. The Morgan fingerprint density at radius 3 is 2.51 bits per heavy atom. The molecule has 0 unspecified atom stereocenters. The van der Waals surface area contributed by atoms with Crippen LogP contribution in [-0.2, 0) is 6.54 Å². The number of rotatable bonds is 10. The van der Waals surface area contributed by atoms with Crippen LogP contribution in [0.15, 0.2) is 49.3 Å². The number of likely N-dealkylation sites (N-methyl/N-ethyl adjacent to an activating group) is 2. The molecule has 1 N–H and O–H groups in total. The molecule has 0 aliphatic heterocycles. The molecule has 0 aliphatic rings. The summed E-state index contributed by atoms with van der Waals surface area (Å²) in [6, 6.07) is 2.05. The molecule has 0 aliphatic carbocycles. The molecule has 3 heterocycles. The van der Waals surface area contributed by atoms with Crippen LogP contribution < -0.4 is 10.2 Å². The first-order valence-corrected chi connectivity index (χ1v) is 12.1. The van der Waals surface area contributed by atoms with Crippen LogP contribution >= 0.6 is 11.6 Å². The summed E-state index contributed by atoms with van der Waals surface area (Å²) in [5.41, 5.74) is -0.411. The normalized spacial score (nSPS) is 11.3. The Balaban J connectivity index is 1.44. The number of amides is 1. The number of carbonyl (C=O) groups is 1. The van der Waals surface area contributed by atoms with E-state index in [0.29, 0.717) is 18.2 Å². The van der Waals surface area contributed by atoms with Crippen LogP contribution in [-0.4, -0.2) is 74.8 Å². The average Bonchev–Trinajstić information content (AvgIpc) is 3.35. The number of hydrogen-bond donors (Lipinski definition) is 1. The summed E-state index contributed by atoms with van der Waals surface area (Å²) in [6.45, 7) is 2.01. The number of halogens is 4. The minimum atomic E-state index is -2.98. The third kappa shape index (κ3) is 6.86. The van der Waals surface area contributed by atoms with Crippen molar-refractivity contribution >= 4 is 29.1 Å². The summed E-state index contributed by atoms with van der Waals surface area (Å²) in [7, 11) is 5.91. The zero-order chi connectivity index (χ0) is 28.1. The van der Waals surface area contributed by atoms with Crippen molar-refractivity contribution in [3.05, 3.63) is 77.0 Å². The highest BCUT2D eigenvalue weighted by Gasteiger charge is 2.23. The fourth-order valence-corrected chi connectivity index (χ4v) is 3.73. The van der Waals surface area contributed by atoms with Gasteiger partial charge in [-0.15, -0.1) is 0 Å². The highest BCUT2D eigenvalue weighted by atomic mass is 35.5. The van der Waals surface area contributed by atoms with Gasteiger partial charge in [0.2, 0.25) is 5.95 Å². The number of benzene rings is 1. The van der Waals surface area contributed by atoms with E-state index in [0.717, 1.165) is 43.2 Å². The van der Waals surface area contributed by atoms with Gasteiger partial charge in [-0.1, -0.05) is 17.7 Å². The van der Waals surface area contributed by atoms with E-state index < -0.39 is 29.3 Å². The molecule has 4 aromatic rings. The molecule has 0 spiro atoms. The van der Waals surface area contributed by atoms with Gasteiger partial charge in [0, 0.05) is 55.4 Å². The van der Waals surface area contributed by atoms with Crippen molar-refractivity contribution in [2.45, 2.75) is 13.0 Å². The van der Waals surface area contributed by atoms with E-state index >= 15 is 0 Å². The maximum absolute atomic E-state index is 14.6. The average molecular weight is 560 g/mol. The molecule has 0 atom stereocenters. The molecule has 14 heteroatoms. The highest BCUT2D eigenvalue weighted by Crippen LogP contribution is 2.35. The van der Waals surface area contributed by atoms with Crippen molar-refractivity contribution in [3.8, 4) is 11.3 Å². The Morgan fingerprint density at radius 2 is 1.82 bits per heavy atom. The molecule has 0 fully saturated rings. The lowest BCUT2D eigenvalue weighted by Crippen LogP contribution is -2.29. The zero-order valence-corrected chi connectivity index (χ0v) is 22.1. The number of aromatic nitrogens is 6. The molecule has 4 rings (SSSR count). The lowest BCUT2D eigenvalue weighted by atomic mass is 10.0. The third-order valence-corrected chi connectivity index (χ3v) is 5.93. The van der Waals surface area contributed by atoms with Crippen LogP contribution in [0.3, 0.4) is 0 Å². The second kappa shape index (κ2) is 12.2. The van der Waals surface area contributed by atoms with Crippen LogP contribution in [0, 0.1) is 5.82 Å². The van der Waals surface area contributed by atoms with E-state index in [1.165, 1.54) is 6.20 Å². The quantitative estimate of drug-likeness (QED) is 0.309. The minimum absolute atomic E-state index is 0.206. The van der Waals surface area contributed by atoms with Gasteiger partial charge in [0.15, 0.2) is 5.82 Å². The summed E-state index contributed by atoms with van der Waals surface area (Å²) in [5.74, 6) is -1.14. The summed E-state index contributed by atoms with van der Waals surface area (Å²) in [5, 5.41) is 6.50. The molecule has 0 radical (unpaired) electrons. The molecule has 0 saturated heterocycles. The summed E-state index contributed by atoms with van der Waals surface area (Å²) in [6.07, 6.45) is 5.69. The van der Waals surface area contributed by atoms with E-state index in [2.05, 4.69) is 35.3 Å². The topological polar surface area (TPSA) is 105 Å². The summed E-state index contributed by atoms with van der Waals surface area (Å²) in [4.78, 5) is 33.5.